The molecule has 2 aromatic rings. The summed E-state index contributed by atoms with van der Waals surface area (Å²) >= 11 is 0. The van der Waals surface area contributed by atoms with Crippen molar-refractivity contribution >= 4 is 28.9 Å². The molecular formula is C22H29N5O. The summed E-state index contributed by atoms with van der Waals surface area (Å²) in [6.45, 7) is 2.30. The van der Waals surface area contributed by atoms with Gasteiger partial charge in [0.05, 0.1) is 11.9 Å². The molecule has 1 saturated carbocycles. The Balaban J connectivity index is 1.28. The van der Waals surface area contributed by atoms with Crippen molar-refractivity contribution < 1.29 is 4.79 Å². The Morgan fingerprint density at radius 2 is 1.61 bits per heavy atom. The largest absolute Gasteiger partial charge is 0.372 e. The van der Waals surface area contributed by atoms with Gasteiger partial charge in [-0.05, 0) is 62.1 Å². The van der Waals surface area contributed by atoms with Gasteiger partial charge < -0.3 is 15.5 Å². The number of pyridine rings is 1. The number of urea groups is 1. The summed E-state index contributed by atoms with van der Waals surface area (Å²) < 4.78 is 0. The lowest BCUT2D eigenvalue weighted by molar-refractivity contribution is 0.244. The maximum atomic E-state index is 12.1. The van der Waals surface area contributed by atoms with Crippen molar-refractivity contribution in [3.63, 3.8) is 0 Å². The number of hydrogen-bond acceptors (Lipinski definition) is 4. The molecule has 2 amide bonds. The second kappa shape index (κ2) is 8.95. The molecule has 28 heavy (non-hydrogen) atoms. The van der Waals surface area contributed by atoms with Crippen molar-refractivity contribution in [3.05, 3.63) is 42.6 Å². The van der Waals surface area contributed by atoms with Gasteiger partial charge in [0.1, 0.15) is 5.82 Å². The molecule has 0 unspecified atom stereocenters. The average Bonchev–Trinajstić information content (AvgIpc) is 3.26. The van der Waals surface area contributed by atoms with E-state index < -0.39 is 0 Å². The van der Waals surface area contributed by atoms with Gasteiger partial charge in [-0.3, -0.25) is 5.32 Å². The third-order valence-electron chi connectivity index (χ3n) is 5.57. The minimum absolute atomic E-state index is 0.169. The molecule has 6 heteroatoms. The van der Waals surface area contributed by atoms with Crippen LogP contribution in [0.15, 0.2) is 42.6 Å². The molecule has 6 nitrogen and oxygen atoms in total. The van der Waals surface area contributed by atoms with Gasteiger partial charge >= 0.3 is 6.03 Å². The Hall–Kier alpha value is -2.76. The third-order valence-corrected chi connectivity index (χ3v) is 5.57. The highest BCUT2D eigenvalue weighted by molar-refractivity contribution is 5.88. The van der Waals surface area contributed by atoms with Crippen LogP contribution in [0.4, 0.5) is 27.7 Å². The van der Waals surface area contributed by atoms with Gasteiger partial charge in [-0.15, -0.1) is 0 Å². The van der Waals surface area contributed by atoms with E-state index in [0.717, 1.165) is 37.3 Å². The van der Waals surface area contributed by atoms with E-state index in [1.807, 2.05) is 12.1 Å². The number of hydrogen-bond donors (Lipinski definition) is 3. The number of aromatic nitrogens is 1. The molecule has 4 rings (SSSR count). The van der Waals surface area contributed by atoms with Gasteiger partial charge in [-0.1, -0.05) is 19.3 Å². The zero-order valence-electron chi connectivity index (χ0n) is 16.3. The minimum Gasteiger partial charge on any atom is -0.372 e. The fraction of sp³-hybridized carbons (Fsp3) is 0.455. The summed E-state index contributed by atoms with van der Waals surface area (Å²) in [5.74, 6) is 0.559. The number of nitrogens with zero attached hydrogens (tertiary/aromatic N) is 2. The van der Waals surface area contributed by atoms with Crippen molar-refractivity contribution in [1.82, 2.24) is 10.3 Å². The van der Waals surface area contributed by atoms with Crippen LogP contribution in [0, 0.1) is 0 Å². The third kappa shape index (κ3) is 4.94. The fourth-order valence-electron chi connectivity index (χ4n) is 4.02. The van der Waals surface area contributed by atoms with Crippen LogP contribution < -0.4 is 20.9 Å². The highest BCUT2D eigenvalue weighted by Crippen LogP contribution is 2.24. The molecular weight excluding hydrogens is 350 g/mol. The van der Waals surface area contributed by atoms with Crippen molar-refractivity contribution in [3.8, 4) is 0 Å². The number of nitrogens with one attached hydrogen (secondary N) is 3. The van der Waals surface area contributed by atoms with E-state index in [4.69, 9.17) is 0 Å². The Morgan fingerprint density at radius 1 is 0.893 bits per heavy atom. The molecule has 0 radical (unpaired) electrons. The molecule has 0 bridgehead atoms. The lowest BCUT2D eigenvalue weighted by atomic mass is 9.96. The molecule has 1 aromatic carbocycles. The summed E-state index contributed by atoms with van der Waals surface area (Å²) in [6, 6.07) is 12.4. The first-order valence-electron chi connectivity index (χ1n) is 10.4. The van der Waals surface area contributed by atoms with Gasteiger partial charge in [0.15, 0.2) is 0 Å². The fourth-order valence-corrected chi connectivity index (χ4v) is 4.02. The number of rotatable bonds is 5. The van der Waals surface area contributed by atoms with E-state index in [2.05, 4.69) is 50.1 Å². The Bertz CT molecular complexity index is 763. The molecule has 0 atom stereocenters. The minimum atomic E-state index is -0.169. The van der Waals surface area contributed by atoms with Crippen molar-refractivity contribution in [1.29, 1.82) is 0 Å². The summed E-state index contributed by atoms with van der Waals surface area (Å²) in [5.41, 5.74) is 3.21. The lowest BCUT2D eigenvalue weighted by Crippen LogP contribution is -2.39. The molecule has 1 aromatic heterocycles. The van der Waals surface area contributed by atoms with Crippen molar-refractivity contribution in [2.24, 2.45) is 0 Å². The Kier molecular flexibility index (Phi) is 5.95. The van der Waals surface area contributed by atoms with E-state index in [9.17, 15) is 4.79 Å². The van der Waals surface area contributed by atoms with E-state index in [1.165, 1.54) is 37.8 Å². The first-order valence-corrected chi connectivity index (χ1v) is 10.4. The number of benzene rings is 1. The zero-order valence-corrected chi connectivity index (χ0v) is 16.3. The molecule has 3 N–H and O–H groups in total. The van der Waals surface area contributed by atoms with Gasteiger partial charge in [0, 0.05) is 30.5 Å². The van der Waals surface area contributed by atoms with Crippen LogP contribution in [0.2, 0.25) is 0 Å². The van der Waals surface area contributed by atoms with Crippen LogP contribution in [0.3, 0.4) is 0 Å². The van der Waals surface area contributed by atoms with Crippen LogP contribution in [0.5, 0.6) is 0 Å². The van der Waals surface area contributed by atoms with Crippen LogP contribution in [-0.2, 0) is 0 Å². The van der Waals surface area contributed by atoms with Gasteiger partial charge in [-0.25, -0.2) is 9.78 Å². The van der Waals surface area contributed by atoms with Crippen molar-refractivity contribution in [2.75, 3.05) is 28.6 Å². The SMILES string of the molecule is O=C(Nc1ccc(Nc2ccc(N3CCCC3)cc2)cn1)NC1CCCCC1. The number of carbonyl (C=O) groups excluding carboxylic acids is 1. The molecule has 1 aliphatic carbocycles. The van der Waals surface area contributed by atoms with Gasteiger partial charge in [0.2, 0.25) is 0 Å². The predicted molar refractivity (Wildman–Crippen MR) is 114 cm³/mol. The smallest absolute Gasteiger partial charge is 0.320 e. The van der Waals surface area contributed by atoms with Crippen LogP contribution in [0.1, 0.15) is 44.9 Å². The normalized spacial score (nSPS) is 17.4. The molecule has 2 fully saturated rings. The summed E-state index contributed by atoms with van der Waals surface area (Å²) in [4.78, 5) is 18.9. The highest BCUT2D eigenvalue weighted by Gasteiger charge is 2.16. The molecule has 1 aliphatic heterocycles. The second-order valence-electron chi connectivity index (χ2n) is 7.73. The maximum absolute atomic E-state index is 12.1. The average molecular weight is 380 g/mol. The van der Waals surface area contributed by atoms with Crippen LogP contribution in [-0.4, -0.2) is 30.1 Å². The monoisotopic (exact) mass is 379 g/mol. The van der Waals surface area contributed by atoms with Crippen LogP contribution in [0.25, 0.3) is 0 Å². The van der Waals surface area contributed by atoms with Gasteiger partial charge in [0.25, 0.3) is 0 Å². The molecule has 1 saturated heterocycles. The van der Waals surface area contributed by atoms with Crippen molar-refractivity contribution in [2.45, 2.75) is 51.0 Å². The lowest BCUT2D eigenvalue weighted by Gasteiger charge is -2.22. The number of carbonyl (C=O) groups is 1. The van der Waals surface area contributed by atoms with E-state index in [1.54, 1.807) is 6.20 Å². The summed E-state index contributed by atoms with van der Waals surface area (Å²) in [7, 11) is 0. The van der Waals surface area contributed by atoms with Crippen LogP contribution >= 0.6 is 0 Å². The zero-order chi connectivity index (χ0) is 19.2. The number of amides is 2. The molecule has 148 valence electrons. The number of anilines is 4. The Morgan fingerprint density at radius 3 is 2.29 bits per heavy atom. The van der Waals surface area contributed by atoms with E-state index in [0.29, 0.717) is 11.9 Å². The summed E-state index contributed by atoms with van der Waals surface area (Å²) in [6.07, 6.45) is 10.1. The van der Waals surface area contributed by atoms with Gasteiger partial charge in [-0.2, -0.15) is 0 Å². The summed E-state index contributed by atoms with van der Waals surface area (Å²) in [5, 5.41) is 9.22. The highest BCUT2D eigenvalue weighted by atomic mass is 16.2. The van der Waals surface area contributed by atoms with E-state index in [-0.39, 0.29) is 6.03 Å². The first-order chi connectivity index (χ1) is 13.8. The maximum Gasteiger partial charge on any atom is 0.320 e. The quantitative estimate of drug-likeness (QED) is 0.692. The predicted octanol–water partition coefficient (Wildman–Crippen LogP) is 4.88. The Labute approximate surface area is 166 Å². The second-order valence-corrected chi connectivity index (χ2v) is 7.73. The molecule has 2 aliphatic rings. The first kappa shape index (κ1) is 18.6. The topological polar surface area (TPSA) is 69.3 Å². The molecule has 0 spiro atoms. The standard InChI is InChI=1S/C22H29N5O/c28-22(25-17-6-2-1-3-7-17)26-21-13-10-19(16-23-21)24-18-8-11-20(12-9-18)27-14-4-5-15-27/h8-13,16-17,24H,1-7,14-15H2,(H2,23,25,26,28). The molecule has 2 heterocycles. The van der Waals surface area contributed by atoms with E-state index >= 15 is 0 Å².